The zero-order chi connectivity index (χ0) is 23.8. The van der Waals surface area contributed by atoms with Crippen LogP contribution < -0.4 is 5.32 Å². The van der Waals surface area contributed by atoms with Gasteiger partial charge in [0.05, 0.1) is 29.4 Å². The number of aliphatic carboxylic acids is 1. The lowest BCUT2D eigenvalue weighted by atomic mass is 10.0. The smallest absolute Gasteiger partial charge is 0.397 e. The number of nitrogens with one attached hydrogen (secondary N) is 2. The fourth-order valence-corrected chi connectivity index (χ4v) is 5.30. The normalized spacial score (nSPS) is 19.7. The first-order valence-electron chi connectivity index (χ1n) is 10.7. The number of fused-ring (bicyclic) bond motifs is 1. The maximum atomic E-state index is 12.5. The molecule has 4 rings (SSSR count). The van der Waals surface area contributed by atoms with Crippen LogP contribution in [0.5, 0.6) is 0 Å². The average Bonchev–Trinajstić information content (AvgIpc) is 3.33. The molecule has 0 bridgehead atoms. The number of aromatic nitrogens is 1. The molecule has 33 heavy (non-hydrogen) atoms. The summed E-state index contributed by atoms with van der Waals surface area (Å²) in [4.78, 5) is 32.0. The second kappa shape index (κ2) is 9.28. The summed E-state index contributed by atoms with van der Waals surface area (Å²) < 4.78 is 37.5. The first-order chi connectivity index (χ1) is 15.6. The van der Waals surface area contributed by atoms with E-state index in [1.807, 2.05) is 25.1 Å². The van der Waals surface area contributed by atoms with Crippen LogP contribution in [0.4, 0.5) is 18.9 Å². The molecule has 3 heterocycles. The summed E-state index contributed by atoms with van der Waals surface area (Å²) in [5, 5.41) is 14.3. The molecule has 0 aliphatic carbocycles. The third-order valence-electron chi connectivity index (χ3n) is 5.78. The third kappa shape index (κ3) is 5.82. The predicted octanol–water partition coefficient (Wildman–Crippen LogP) is 4.17. The number of thioether (sulfide) groups is 1. The highest BCUT2D eigenvalue weighted by Gasteiger charge is 2.34. The van der Waals surface area contributed by atoms with Gasteiger partial charge in [-0.05, 0) is 43.5 Å². The van der Waals surface area contributed by atoms with Crippen molar-refractivity contribution in [3.05, 3.63) is 29.5 Å². The molecular formula is C22H25F3N4O3S. The Balaban J connectivity index is 1.46. The van der Waals surface area contributed by atoms with Gasteiger partial charge in [-0.2, -0.15) is 13.2 Å². The number of aliphatic imine (C=N–C) groups is 1. The average molecular weight is 483 g/mol. The van der Waals surface area contributed by atoms with E-state index in [9.17, 15) is 22.8 Å². The molecule has 0 saturated carbocycles. The standard InChI is InChI=1S/C22H25F3N4O3S/c1-12-6-13-8-17(21-27-15(11-33-21)9-19(31)32)28-20(13)16(7-12)26-14-2-4-29(5-3-14)18(30)10-22(23,24)25/h6-8,14-15,26,28H,2-5,9-11H2,1H3,(H,31,32). The molecule has 178 valence electrons. The van der Waals surface area contributed by atoms with Crippen LogP contribution in [0.2, 0.25) is 0 Å². The zero-order valence-electron chi connectivity index (χ0n) is 18.0. The van der Waals surface area contributed by atoms with Crippen LogP contribution in [0, 0.1) is 6.92 Å². The minimum Gasteiger partial charge on any atom is -0.481 e. The molecule has 0 radical (unpaired) electrons. The number of aryl methyl sites for hydroxylation is 1. The van der Waals surface area contributed by atoms with Gasteiger partial charge in [0, 0.05) is 30.3 Å². The SMILES string of the molecule is Cc1cc(NC2CCN(C(=O)CC(F)(F)F)CC2)c2[nH]c(C3=NC(CC(=O)O)CS3)cc2c1. The molecule has 11 heteroatoms. The van der Waals surface area contributed by atoms with Crippen molar-refractivity contribution in [1.29, 1.82) is 0 Å². The Morgan fingerprint density at radius 3 is 2.67 bits per heavy atom. The topological polar surface area (TPSA) is 97.8 Å². The lowest BCUT2D eigenvalue weighted by Gasteiger charge is -2.33. The number of hydrogen-bond donors (Lipinski definition) is 3. The molecule has 1 aromatic carbocycles. The van der Waals surface area contributed by atoms with Crippen LogP contribution in [0.3, 0.4) is 0 Å². The first kappa shape index (κ1) is 23.5. The number of halogens is 3. The Morgan fingerprint density at radius 1 is 1.27 bits per heavy atom. The van der Waals surface area contributed by atoms with E-state index in [0.717, 1.165) is 32.9 Å². The lowest BCUT2D eigenvalue weighted by Crippen LogP contribution is -2.43. The molecule has 7 nitrogen and oxygen atoms in total. The zero-order valence-corrected chi connectivity index (χ0v) is 18.9. The van der Waals surface area contributed by atoms with Crippen molar-refractivity contribution in [1.82, 2.24) is 9.88 Å². The number of nitrogens with zero attached hydrogens (tertiary/aromatic N) is 2. The number of rotatable bonds is 6. The highest BCUT2D eigenvalue weighted by molar-refractivity contribution is 8.14. The summed E-state index contributed by atoms with van der Waals surface area (Å²) in [6.45, 7) is 2.56. The second-order valence-corrected chi connectivity index (χ2v) is 9.56. The molecule has 2 aliphatic heterocycles. The van der Waals surface area contributed by atoms with E-state index in [0.29, 0.717) is 18.6 Å². The highest BCUT2D eigenvalue weighted by Crippen LogP contribution is 2.32. The number of amides is 1. The van der Waals surface area contributed by atoms with Gasteiger partial charge in [0.2, 0.25) is 5.91 Å². The fourth-order valence-electron chi connectivity index (χ4n) is 4.27. The van der Waals surface area contributed by atoms with Gasteiger partial charge in [0.25, 0.3) is 0 Å². The number of carbonyl (C=O) groups excluding carboxylic acids is 1. The predicted molar refractivity (Wildman–Crippen MR) is 122 cm³/mol. The number of benzene rings is 1. The van der Waals surface area contributed by atoms with Gasteiger partial charge in [0.15, 0.2) is 0 Å². The Morgan fingerprint density at radius 2 is 2.00 bits per heavy atom. The fraction of sp³-hybridized carbons (Fsp3) is 0.500. The van der Waals surface area contributed by atoms with Crippen molar-refractivity contribution in [2.24, 2.45) is 4.99 Å². The van der Waals surface area contributed by atoms with Gasteiger partial charge >= 0.3 is 12.1 Å². The number of alkyl halides is 3. The maximum Gasteiger partial charge on any atom is 0.397 e. The van der Waals surface area contributed by atoms with Gasteiger partial charge in [-0.1, -0.05) is 0 Å². The van der Waals surface area contributed by atoms with E-state index >= 15 is 0 Å². The van der Waals surface area contributed by atoms with Crippen molar-refractivity contribution in [2.45, 2.75) is 50.9 Å². The minimum absolute atomic E-state index is 0.00676. The van der Waals surface area contributed by atoms with E-state index in [1.165, 1.54) is 16.7 Å². The molecule has 2 aliphatic rings. The lowest BCUT2D eigenvalue weighted by molar-refractivity contribution is -0.162. The number of carboxylic acid groups (broad SMARTS) is 1. The van der Waals surface area contributed by atoms with Crippen LogP contribution in [-0.4, -0.2) is 69.0 Å². The molecule has 3 N–H and O–H groups in total. The second-order valence-electron chi connectivity index (χ2n) is 8.55. The number of piperidine rings is 1. The summed E-state index contributed by atoms with van der Waals surface area (Å²) in [6, 6.07) is 5.86. The number of likely N-dealkylation sites (tertiary alicyclic amines) is 1. The van der Waals surface area contributed by atoms with E-state index in [1.54, 1.807) is 0 Å². The number of aromatic amines is 1. The van der Waals surface area contributed by atoms with Crippen molar-refractivity contribution < 1.29 is 27.9 Å². The number of H-pyrrole nitrogens is 1. The van der Waals surface area contributed by atoms with Crippen LogP contribution in [-0.2, 0) is 9.59 Å². The molecule has 1 saturated heterocycles. The monoisotopic (exact) mass is 482 g/mol. The number of anilines is 1. The van der Waals surface area contributed by atoms with Crippen molar-refractivity contribution in [3.8, 4) is 0 Å². The largest absolute Gasteiger partial charge is 0.481 e. The van der Waals surface area contributed by atoms with Crippen LogP contribution >= 0.6 is 11.8 Å². The van der Waals surface area contributed by atoms with Gasteiger partial charge < -0.3 is 20.3 Å². The van der Waals surface area contributed by atoms with Crippen molar-refractivity contribution in [3.63, 3.8) is 0 Å². The van der Waals surface area contributed by atoms with E-state index < -0.39 is 24.5 Å². The molecule has 1 atom stereocenters. The molecule has 1 unspecified atom stereocenters. The van der Waals surface area contributed by atoms with Crippen LogP contribution in [0.25, 0.3) is 10.9 Å². The van der Waals surface area contributed by atoms with E-state index in [2.05, 4.69) is 15.3 Å². The molecule has 1 amide bonds. The minimum atomic E-state index is -4.49. The Bertz CT molecular complexity index is 1090. The summed E-state index contributed by atoms with van der Waals surface area (Å²) in [6.07, 6.45) is -4.77. The number of carbonyl (C=O) groups is 2. The first-order valence-corrected chi connectivity index (χ1v) is 11.7. The highest BCUT2D eigenvalue weighted by atomic mass is 32.2. The van der Waals surface area contributed by atoms with E-state index in [4.69, 9.17) is 5.11 Å². The van der Waals surface area contributed by atoms with Gasteiger partial charge in [-0.25, -0.2) is 0 Å². The number of hydrogen-bond acceptors (Lipinski definition) is 5. The van der Waals surface area contributed by atoms with Crippen molar-refractivity contribution >= 4 is 45.3 Å². The van der Waals surface area contributed by atoms with Gasteiger partial charge in [-0.3, -0.25) is 14.6 Å². The Kier molecular flexibility index (Phi) is 6.60. The quantitative estimate of drug-likeness (QED) is 0.574. The molecular weight excluding hydrogens is 457 g/mol. The van der Waals surface area contributed by atoms with Crippen LogP contribution in [0.15, 0.2) is 23.2 Å². The van der Waals surface area contributed by atoms with E-state index in [-0.39, 0.29) is 31.6 Å². The third-order valence-corrected chi connectivity index (χ3v) is 6.93. The summed E-state index contributed by atoms with van der Waals surface area (Å²) in [5.41, 5.74) is 3.68. The molecule has 0 spiro atoms. The molecule has 2 aromatic rings. The maximum absolute atomic E-state index is 12.5. The Hall–Kier alpha value is -2.69. The summed E-state index contributed by atoms with van der Waals surface area (Å²) >= 11 is 1.53. The van der Waals surface area contributed by atoms with Gasteiger partial charge in [-0.15, -0.1) is 11.8 Å². The molecule has 1 aromatic heterocycles. The Labute approximate surface area is 192 Å². The number of carboxylic acids is 1. The van der Waals surface area contributed by atoms with Gasteiger partial charge in [0.1, 0.15) is 11.5 Å². The van der Waals surface area contributed by atoms with Crippen molar-refractivity contribution in [2.75, 3.05) is 24.2 Å². The summed E-state index contributed by atoms with van der Waals surface area (Å²) in [5.74, 6) is -1.10. The van der Waals surface area contributed by atoms with Crippen LogP contribution in [0.1, 0.15) is 36.9 Å². The molecule has 1 fully saturated rings. The summed E-state index contributed by atoms with van der Waals surface area (Å²) in [7, 11) is 0.